The maximum absolute atomic E-state index is 8.98. The second kappa shape index (κ2) is 5.71. The topological polar surface area (TPSA) is 46.2 Å². The first kappa shape index (κ1) is 12.0. The van der Waals surface area contributed by atoms with Gasteiger partial charge in [0.1, 0.15) is 0 Å². The molecule has 1 aliphatic rings. The molecule has 1 saturated heterocycles. The molecule has 1 atom stereocenters. The Hall–Kier alpha value is -0.510. The van der Waals surface area contributed by atoms with Crippen molar-refractivity contribution in [2.24, 2.45) is 5.73 Å². The van der Waals surface area contributed by atoms with Crippen molar-refractivity contribution in [2.75, 3.05) is 18.1 Å². The molecule has 0 spiro atoms. The van der Waals surface area contributed by atoms with Crippen molar-refractivity contribution in [3.8, 4) is 0 Å². The van der Waals surface area contributed by atoms with Crippen LogP contribution in [0.4, 0.5) is 0 Å². The Balaban J connectivity index is 2.06. The summed E-state index contributed by atoms with van der Waals surface area (Å²) in [5.41, 5.74) is 8.22. The van der Waals surface area contributed by atoms with Crippen molar-refractivity contribution < 1.29 is 5.11 Å². The highest BCUT2D eigenvalue weighted by molar-refractivity contribution is 7.99. The summed E-state index contributed by atoms with van der Waals surface area (Å²) in [6, 6.07) is 8.21. The van der Waals surface area contributed by atoms with Gasteiger partial charge in [-0.2, -0.15) is 11.8 Å². The molecule has 1 aromatic rings. The third-order valence-electron chi connectivity index (χ3n) is 3.25. The van der Waals surface area contributed by atoms with Gasteiger partial charge in [-0.05, 0) is 41.4 Å². The van der Waals surface area contributed by atoms with E-state index in [1.165, 1.54) is 29.9 Å². The monoisotopic (exact) mass is 237 g/mol. The second-order valence-corrected chi connectivity index (χ2v) is 5.57. The number of thioether (sulfide) groups is 1. The molecular formula is C13H19NOS. The summed E-state index contributed by atoms with van der Waals surface area (Å²) in [5.74, 6) is 3.28. The molecule has 0 saturated carbocycles. The Morgan fingerprint density at radius 3 is 2.44 bits per heavy atom. The molecular weight excluding hydrogens is 218 g/mol. The molecule has 1 unspecified atom stereocenters. The first-order valence-electron chi connectivity index (χ1n) is 5.85. The fraction of sp³-hybridized carbons (Fsp3) is 0.538. The predicted octanol–water partition coefficient (Wildman–Crippen LogP) is 2.29. The zero-order valence-electron chi connectivity index (χ0n) is 9.43. The SMILES string of the molecule is NC(CO)c1ccc(C2CCSCC2)cc1. The molecule has 1 aromatic carbocycles. The Kier molecular flexibility index (Phi) is 4.27. The minimum absolute atomic E-state index is 0.0133. The molecule has 1 aliphatic heterocycles. The van der Waals surface area contributed by atoms with E-state index in [4.69, 9.17) is 10.8 Å². The summed E-state index contributed by atoms with van der Waals surface area (Å²) in [6.07, 6.45) is 2.58. The number of benzene rings is 1. The summed E-state index contributed by atoms with van der Waals surface area (Å²) in [5, 5.41) is 8.98. The molecule has 88 valence electrons. The smallest absolute Gasteiger partial charge is 0.0624 e. The quantitative estimate of drug-likeness (QED) is 0.848. The van der Waals surface area contributed by atoms with E-state index >= 15 is 0 Å². The average Bonchev–Trinajstić information content (AvgIpc) is 2.39. The summed E-state index contributed by atoms with van der Waals surface area (Å²) in [7, 11) is 0. The highest BCUT2D eigenvalue weighted by Gasteiger charge is 2.15. The number of hydrogen-bond donors (Lipinski definition) is 2. The number of aliphatic hydroxyl groups excluding tert-OH is 1. The van der Waals surface area contributed by atoms with E-state index in [0.717, 1.165) is 11.5 Å². The average molecular weight is 237 g/mol. The first-order valence-corrected chi connectivity index (χ1v) is 7.01. The Labute approximate surface area is 101 Å². The molecule has 0 aliphatic carbocycles. The number of hydrogen-bond acceptors (Lipinski definition) is 3. The van der Waals surface area contributed by atoms with Gasteiger partial charge in [0.2, 0.25) is 0 Å². The zero-order chi connectivity index (χ0) is 11.4. The van der Waals surface area contributed by atoms with E-state index in [0.29, 0.717) is 0 Å². The van der Waals surface area contributed by atoms with E-state index in [1.54, 1.807) is 0 Å². The molecule has 3 heteroatoms. The molecule has 2 nitrogen and oxygen atoms in total. The summed E-state index contributed by atoms with van der Waals surface area (Å²) >= 11 is 2.05. The zero-order valence-corrected chi connectivity index (χ0v) is 10.2. The highest BCUT2D eigenvalue weighted by atomic mass is 32.2. The molecule has 3 N–H and O–H groups in total. The van der Waals surface area contributed by atoms with Gasteiger partial charge in [0.15, 0.2) is 0 Å². The summed E-state index contributed by atoms with van der Waals surface area (Å²) in [6.45, 7) is 0.0133. The van der Waals surface area contributed by atoms with Gasteiger partial charge in [0.25, 0.3) is 0 Å². The lowest BCUT2D eigenvalue weighted by Gasteiger charge is -2.22. The molecule has 0 aromatic heterocycles. The lowest BCUT2D eigenvalue weighted by Crippen LogP contribution is -2.14. The van der Waals surface area contributed by atoms with Crippen LogP contribution in [-0.4, -0.2) is 23.2 Å². The van der Waals surface area contributed by atoms with Crippen LogP contribution in [0.3, 0.4) is 0 Å². The van der Waals surface area contributed by atoms with E-state index < -0.39 is 0 Å². The van der Waals surface area contributed by atoms with Gasteiger partial charge in [-0.15, -0.1) is 0 Å². The van der Waals surface area contributed by atoms with Crippen molar-refractivity contribution in [2.45, 2.75) is 24.8 Å². The summed E-state index contributed by atoms with van der Waals surface area (Å²) < 4.78 is 0. The molecule has 16 heavy (non-hydrogen) atoms. The fourth-order valence-electron chi connectivity index (χ4n) is 2.15. The van der Waals surface area contributed by atoms with Crippen molar-refractivity contribution >= 4 is 11.8 Å². The molecule has 0 amide bonds. The van der Waals surface area contributed by atoms with E-state index in [1.807, 2.05) is 0 Å². The van der Waals surface area contributed by atoms with Crippen LogP contribution in [-0.2, 0) is 0 Å². The van der Waals surface area contributed by atoms with Crippen molar-refractivity contribution in [1.29, 1.82) is 0 Å². The molecule has 0 radical (unpaired) electrons. The van der Waals surface area contributed by atoms with Crippen molar-refractivity contribution in [1.82, 2.24) is 0 Å². The van der Waals surface area contributed by atoms with E-state index in [-0.39, 0.29) is 12.6 Å². The van der Waals surface area contributed by atoms with Gasteiger partial charge in [0.05, 0.1) is 12.6 Å². The van der Waals surface area contributed by atoms with Crippen LogP contribution in [0.1, 0.15) is 35.9 Å². The van der Waals surface area contributed by atoms with Crippen LogP contribution in [0.5, 0.6) is 0 Å². The van der Waals surface area contributed by atoms with Crippen LogP contribution in [0, 0.1) is 0 Å². The van der Waals surface area contributed by atoms with Crippen LogP contribution in [0.2, 0.25) is 0 Å². The van der Waals surface area contributed by atoms with Crippen molar-refractivity contribution in [3.63, 3.8) is 0 Å². The van der Waals surface area contributed by atoms with Gasteiger partial charge >= 0.3 is 0 Å². The predicted molar refractivity (Wildman–Crippen MR) is 69.8 cm³/mol. The van der Waals surface area contributed by atoms with Gasteiger partial charge in [-0.25, -0.2) is 0 Å². The van der Waals surface area contributed by atoms with Gasteiger partial charge in [-0.1, -0.05) is 24.3 Å². The van der Waals surface area contributed by atoms with E-state index in [2.05, 4.69) is 36.0 Å². The largest absolute Gasteiger partial charge is 0.394 e. The Morgan fingerprint density at radius 1 is 1.25 bits per heavy atom. The van der Waals surface area contributed by atoms with Gasteiger partial charge in [-0.3, -0.25) is 0 Å². The molecule has 0 bridgehead atoms. The minimum atomic E-state index is -0.240. The third kappa shape index (κ3) is 2.78. The molecule has 1 heterocycles. The minimum Gasteiger partial charge on any atom is -0.394 e. The second-order valence-electron chi connectivity index (χ2n) is 4.34. The first-order chi connectivity index (χ1) is 7.81. The number of aliphatic hydroxyl groups is 1. The van der Waals surface area contributed by atoms with Gasteiger partial charge in [0, 0.05) is 0 Å². The lowest BCUT2D eigenvalue weighted by molar-refractivity contribution is 0.268. The lowest BCUT2D eigenvalue weighted by atomic mass is 9.92. The van der Waals surface area contributed by atoms with Crippen LogP contribution >= 0.6 is 11.8 Å². The highest BCUT2D eigenvalue weighted by Crippen LogP contribution is 2.31. The summed E-state index contributed by atoms with van der Waals surface area (Å²) in [4.78, 5) is 0. The van der Waals surface area contributed by atoms with Crippen LogP contribution < -0.4 is 5.73 Å². The maximum atomic E-state index is 8.98. The fourth-order valence-corrected chi connectivity index (χ4v) is 3.26. The number of rotatable bonds is 3. The normalized spacial score (nSPS) is 19.6. The molecule has 2 rings (SSSR count). The third-order valence-corrected chi connectivity index (χ3v) is 4.30. The Morgan fingerprint density at radius 2 is 1.88 bits per heavy atom. The van der Waals surface area contributed by atoms with Crippen molar-refractivity contribution in [3.05, 3.63) is 35.4 Å². The number of nitrogens with two attached hydrogens (primary N) is 1. The van der Waals surface area contributed by atoms with Crippen LogP contribution in [0.15, 0.2) is 24.3 Å². The van der Waals surface area contributed by atoms with Gasteiger partial charge < -0.3 is 10.8 Å². The van der Waals surface area contributed by atoms with Crippen LogP contribution in [0.25, 0.3) is 0 Å². The Bertz CT molecular complexity index is 319. The van der Waals surface area contributed by atoms with E-state index in [9.17, 15) is 0 Å². The maximum Gasteiger partial charge on any atom is 0.0624 e. The molecule has 1 fully saturated rings. The standard InChI is InChI=1S/C13H19NOS/c14-13(9-15)12-3-1-10(2-4-12)11-5-7-16-8-6-11/h1-4,11,13,15H,5-9,14H2.